The molecular formula is C55H70N4O8. The van der Waals surface area contributed by atoms with Crippen molar-refractivity contribution in [2.75, 3.05) is 33.3 Å². The second-order valence-corrected chi connectivity index (χ2v) is 23.5. The minimum absolute atomic E-state index is 0.0294. The molecule has 6 bridgehead atoms. The number of hydrogen-bond acceptors (Lipinski definition) is 11. The molecule has 5 saturated carbocycles. The van der Waals surface area contributed by atoms with E-state index in [2.05, 4.69) is 54.1 Å². The molecular weight excluding hydrogens is 845 g/mol. The number of phenols is 2. The van der Waals surface area contributed by atoms with Crippen LogP contribution >= 0.6 is 0 Å². The monoisotopic (exact) mass is 915 g/mol. The van der Waals surface area contributed by atoms with Crippen LogP contribution in [0.4, 0.5) is 0 Å². The molecule has 3 unspecified atom stereocenters. The number of aromatic hydroxyl groups is 2. The summed E-state index contributed by atoms with van der Waals surface area (Å²) in [6, 6.07) is 16.9. The number of amides is 1. The molecule has 3 aromatic carbocycles. The molecule has 14 rings (SSSR count). The Morgan fingerprint density at radius 2 is 1.51 bits per heavy atom. The van der Waals surface area contributed by atoms with E-state index in [1.807, 2.05) is 50.4 Å². The highest BCUT2D eigenvalue weighted by atomic mass is 16.6. The fourth-order valence-corrected chi connectivity index (χ4v) is 16.6. The van der Waals surface area contributed by atoms with Crippen LogP contribution in [-0.2, 0) is 28.4 Å². The fourth-order valence-electron chi connectivity index (χ4n) is 16.6. The number of rotatable bonds is 9. The van der Waals surface area contributed by atoms with Gasteiger partial charge in [-0.3, -0.25) is 20.0 Å². The van der Waals surface area contributed by atoms with E-state index in [1.54, 1.807) is 18.2 Å². The molecule has 4 heterocycles. The van der Waals surface area contributed by atoms with Crippen molar-refractivity contribution in [1.82, 2.24) is 20.7 Å². The topological polar surface area (TPSA) is 156 Å². The van der Waals surface area contributed by atoms with E-state index < -0.39 is 28.3 Å². The van der Waals surface area contributed by atoms with Crippen LogP contribution in [0.5, 0.6) is 23.0 Å². The number of methoxy groups -OCH3 is 1. The number of aliphatic hydroxyl groups is 2. The number of nitrogens with one attached hydrogen (secondary N) is 2. The Bertz CT molecular complexity index is 2520. The zero-order valence-electron chi connectivity index (χ0n) is 39.9. The average molecular weight is 915 g/mol. The molecule has 7 fully saturated rings. The van der Waals surface area contributed by atoms with E-state index in [0.29, 0.717) is 48.8 Å². The van der Waals surface area contributed by atoms with Crippen molar-refractivity contribution in [3.63, 3.8) is 0 Å². The Morgan fingerprint density at radius 3 is 2.18 bits per heavy atom. The molecule has 12 heteroatoms. The van der Waals surface area contributed by atoms with Crippen LogP contribution < -0.4 is 20.3 Å². The van der Waals surface area contributed by atoms with Gasteiger partial charge in [0, 0.05) is 65.7 Å². The molecule has 358 valence electrons. The largest absolute Gasteiger partial charge is 0.504 e. The lowest BCUT2D eigenvalue weighted by atomic mass is 9.33. The minimum Gasteiger partial charge on any atom is -0.504 e. The summed E-state index contributed by atoms with van der Waals surface area (Å²) in [4.78, 5) is 17.8. The average Bonchev–Trinajstić information content (AvgIpc) is 3.95. The Labute approximate surface area is 395 Å². The molecule has 7 aliphatic carbocycles. The maximum absolute atomic E-state index is 12.7. The van der Waals surface area contributed by atoms with E-state index in [4.69, 9.17) is 14.2 Å². The summed E-state index contributed by atoms with van der Waals surface area (Å²) in [7, 11) is 1.83. The molecule has 1 amide bonds. The second kappa shape index (κ2) is 14.7. The van der Waals surface area contributed by atoms with Crippen LogP contribution in [0.25, 0.3) is 0 Å². The first-order valence-corrected chi connectivity index (χ1v) is 25.2. The van der Waals surface area contributed by atoms with Gasteiger partial charge in [0.15, 0.2) is 23.0 Å². The van der Waals surface area contributed by atoms with Crippen LogP contribution in [0.1, 0.15) is 118 Å². The first-order valence-electron chi connectivity index (χ1n) is 25.2. The molecule has 2 saturated heterocycles. The van der Waals surface area contributed by atoms with Gasteiger partial charge >= 0.3 is 0 Å². The van der Waals surface area contributed by atoms with Gasteiger partial charge in [0.2, 0.25) is 0 Å². The first kappa shape index (κ1) is 44.1. The first-order chi connectivity index (χ1) is 32.0. The van der Waals surface area contributed by atoms with Crippen molar-refractivity contribution < 1.29 is 39.4 Å². The standard InChI is InChI=1S/C29H41NO4.C26H29N3O4/c1-25(2,3)26(4,32)20-15-27-10-11-29(20,33-5)24-28(27)12-13-30(16-17-6-7-17)21(27)14-18-8-9-19(31)23(34-24)22(18)28;1-2-13-29-14-12-25-21-17-8-9-19(30)22(21)33-23(25)18(10-11-26(25,32)20(29)15-17)27-28-24(31)16-6-4-3-5-7-16/h8-9,17,20-21,24,31-32H,6-7,10-16H2,1-5H3;2-9,18,20,23,27,30,32H,1,10-15H2,(H,28,31)/t20-,21-,24-,26?,27-,28+,29?;18?,20-,23+,25+,26-/m11/s1. The number of piperidine rings is 2. The van der Waals surface area contributed by atoms with Gasteiger partial charge < -0.3 is 34.6 Å². The van der Waals surface area contributed by atoms with Gasteiger partial charge in [0.05, 0.1) is 22.7 Å². The van der Waals surface area contributed by atoms with Crippen LogP contribution in [0.3, 0.4) is 0 Å². The lowest BCUT2D eigenvalue weighted by Gasteiger charge is -2.75. The van der Waals surface area contributed by atoms with Gasteiger partial charge in [-0.15, -0.1) is 6.58 Å². The maximum atomic E-state index is 12.7. The van der Waals surface area contributed by atoms with Gasteiger partial charge in [-0.2, -0.15) is 0 Å². The zero-order valence-corrected chi connectivity index (χ0v) is 39.9. The number of hydrogen-bond donors (Lipinski definition) is 6. The number of fused-ring (bicyclic) bond motifs is 2. The second-order valence-electron chi connectivity index (χ2n) is 23.5. The highest BCUT2D eigenvalue weighted by Crippen LogP contribution is 2.78. The molecule has 12 nitrogen and oxygen atoms in total. The summed E-state index contributed by atoms with van der Waals surface area (Å²) in [5, 5.41) is 46.1. The highest BCUT2D eigenvalue weighted by Gasteiger charge is 2.82. The zero-order chi connectivity index (χ0) is 46.7. The molecule has 0 radical (unpaired) electrons. The quantitative estimate of drug-likeness (QED) is 0.104. The van der Waals surface area contributed by atoms with Crippen LogP contribution in [0.15, 0.2) is 67.3 Å². The van der Waals surface area contributed by atoms with Gasteiger partial charge in [0.1, 0.15) is 17.8 Å². The number of hydrazine groups is 1. The number of ether oxygens (including phenoxy) is 3. The lowest BCUT2D eigenvalue weighted by molar-refractivity contribution is -0.312. The summed E-state index contributed by atoms with van der Waals surface area (Å²) in [6.07, 6.45) is 11.8. The van der Waals surface area contributed by atoms with Gasteiger partial charge in [-0.05, 0) is 137 Å². The van der Waals surface area contributed by atoms with Gasteiger partial charge in [0.25, 0.3) is 5.91 Å². The van der Waals surface area contributed by atoms with Crippen molar-refractivity contribution in [3.8, 4) is 23.0 Å². The van der Waals surface area contributed by atoms with Crippen molar-refractivity contribution >= 4 is 5.91 Å². The normalized spacial score (nSPS) is 38.9. The predicted molar refractivity (Wildman–Crippen MR) is 253 cm³/mol. The number of phenolic OH excluding ortho intramolecular Hbond substituents is 2. The molecule has 12 atom stereocenters. The number of carbonyl (C=O) groups is 1. The van der Waals surface area contributed by atoms with E-state index in [9.17, 15) is 25.2 Å². The van der Waals surface area contributed by atoms with Crippen molar-refractivity contribution in [2.45, 2.75) is 156 Å². The third-order valence-corrected chi connectivity index (χ3v) is 20.2. The molecule has 3 spiro atoms. The van der Waals surface area contributed by atoms with E-state index in [1.165, 1.54) is 30.5 Å². The van der Waals surface area contributed by atoms with Gasteiger partial charge in [-0.1, -0.05) is 57.2 Å². The summed E-state index contributed by atoms with van der Waals surface area (Å²) in [5.74, 6) is 2.19. The Kier molecular flexibility index (Phi) is 9.66. The van der Waals surface area contributed by atoms with Gasteiger partial charge in [-0.25, -0.2) is 5.43 Å². The highest BCUT2D eigenvalue weighted by molar-refractivity contribution is 5.93. The summed E-state index contributed by atoms with van der Waals surface area (Å²) < 4.78 is 19.9. The van der Waals surface area contributed by atoms with Crippen molar-refractivity contribution in [1.29, 1.82) is 0 Å². The van der Waals surface area contributed by atoms with Crippen molar-refractivity contribution in [2.24, 2.45) is 22.7 Å². The number of carbonyl (C=O) groups excluding carboxylic acids is 1. The molecule has 4 aliphatic heterocycles. The predicted octanol–water partition coefficient (Wildman–Crippen LogP) is 6.45. The van der Waals surface area contributed by atoms with Crippen LogP contribution in [-0.4, -0.2) is 117 Å². The minimum atomic E-state index is -0.980. The Hall–Kier alpha value is -4.17. The Morgan fingerprint density at radius 1 is 0.851 bits per heavy atom. The molecule has 11 aliphatic rings. The maximum Gasteiger partial charge on any atom is 0.265 e. The third kappa shape index (κ3) is 5.60. The third-order valence-electron chi connectivity index (χ3n) is 20.2. The SMILES string of the molecule is C=CCN1CC[C@]23c4c5ccc(O)c4O[C@H]2C(NNC(=O)c2ccccc2)CC[C@@]3(O)[C@H]1C5.COC12CC[C@@]3(C[C@@H]1C(C)(O)C(C)(C)C)[C@H]1Cc4ccc(O)c5c4[C@@]3(CCN1CC1CC1)[C@H]2O5. The van der Waals surface area contributed by atoms with Crippen LogP contribution in [0.2, 0.25) is 0 Å². The molecule has 67 heavy (non-hydrogen) atoms. The molecule has 0 aromatic heterocycles. The molecule has 3 aromatic rings. The van der Waals surface area contributed by atoms with E-state index >= 15 is 0 Å². The fraction of sp³-hybridized carbons (Fsp3) is 0.618. The van der Waals surface area contributed by atoms with Crippen LogP contribution in [0, 0.1) is 22.7 Å². The summed E-state index contributed by atoms with van der Waals surface area (Å²) in [6.45, 7) is 16.3. The number of likely N-dealkylation sites (tertiary alicyclic amines) is 2. The Balaban J connectivity index is 0.000000140. The number of benzene rings is 3. The summed E-state index contributed by atoms with van der Waals surface area (Å²) >= 11 is 0. The summed E-state index contributed by atoms with van der Waals surface area (Å²) in [5.41, 5.74) is 7.89. The number of nitrogens with zero attached hydrogens (tertiary/aromatic N) is 2. The van der Waals surface area contributed by atoms with E-state index in [0.717, 1.165) is 68.8 Å². The van der Waals surface area contributed by atoms with E-state index in [-0.39, 0.29) is 57.8 Å². The molecule has 6 N–H and O–H groups in total. The lowest BCUT2D eigenvalue weighted by Crippen LogP contribution is -2.83. The van der Waals surface area contributed by atoms with Crippen molar-refractivity contribution in [3.05, 3.63) is 95.1 Å². The smallest absolute Gasteiger partial charge is 0.265 e.